The molecular formula is C16H20O4. The molecule has 0 aliphatic rings. The van der Waals surface area contributed by atoms with E-state index in [1.54, 1.807) is 31.2 Å². The number of carbonyl (C=O) groups excluding carboxylic acids is 4. The van der Waals surface area contributed by atoms with E-state index in [1.807, 2.05) is 6.07 Å². The Hall–Kier alpha value is -2.10. The monoisotopic (exact) mass is 276 g/mol. The Morgan fingerprint density at radius 2 is 1.35 bits per heavy atom. The Kier molecular flexibility index (Phi) is 8.75. The minimum atomic E-state index is -0.108. The molecule has 1 aromatic rings. The zero-order chi connectivity index (χ0) is 15.5. The van der Waals surface area contributed by atoms with Crippen molar-refractivity contribution in [1.29, 1.82) is 0 Å². The number of carbonyl (C=O) groups is 4. The Morgan fingerprint density at radius 3 is 1.70 bits per heavy atom. The van der Waals surface area contributed by atoms with Gasteiger partial charge in [0.25, 0.3) is 0 Å². The molecule has 0 amide bonds. The summed E-state index contributed by atoms with van der Waals surface area (Å²) in [6, 6.07) is 8.84. The number of benzene rings is 1. The maximum absolute atomic E-state index is 11.2. The lowest BCUT2D eigenvalue weighted by Crippen LogP contribution is -2.04. The van der Waals surface area contributed by atoms with Crippen molar-refractivity contribution >= 4 is 23.1 Å². The highest BCUT2D eigenvalue weighted by molar-refractivity contribution is 6.07. The van der Waals surface area contributed by atoms with Crippen LogP contribution in [0.1, 0.15) is 50.4 Å². The van der Waals surface area contributed by atoms with Gasteiger partial charge in [-0.05, 0) is 13.8 Å². The van der Waals surface area contributed by atoms with E-state index in [4.69, 9.17) is 0 Å². The SMILES string of the molecule is CC(=O)CC(=O)c1ccccc1.CCC(=O)CC(C)=O. The molecular weight excluding hydrogens is 256 g/mol. The smallest absolute Gasteiger partial charge is 0.170 e. The van der Waals surface area contributed by atoms with E-state index in [-0.39, 0.29) is 36.0 Å². The molecule has 1 rings (SSSR count). The highest BCUT2D eigenvalue weighted by Gasteiger charge is 2.06. The van der Waals surface area contributed by atoms with Gasteiger partial charge in [0, 0.05) is 12.0 Å². The third-order valence-electron chi connectivity index (χ3n) is 2.35. The standard InChI is InChI=1S/C10H10O2.C6H10O2/c1-8(11)7-10(12)9-5-3-2-4-6-9;1-3-6(8)4-5(2)7/h2-6H,7H2,1H3;3-4H2,1-2H3. The van der Waals surface area contributed by atoms with Gasteiger partial charge in [0.1, 0.15) is 17.3 Å². The number of hydrogen-bond donors (Lipinski definition) is 0. The fraction of sp³-hybridized carbons (Fsp3) is 0.375. The average Bonchev–Trinajstić information content (AvgIpc) is 2.39. The topological polar surface area (TPSA) is 68.3 Å². The Morgan fingerprint density at radius 1 is 0.850 bits per heavy atom. The summed E-state index contributed by atoms with van der Waals surface area (Å²) in [5.41, 5.74) is 0.604. The molecule has 20 heavy (non-hydrogen) atoms. The van der Waals surface area contributed by atoms with Crippen molar-refractivity contribution in [2.45, 2.75) is 40.0 Å². The highest BCUT2D eigenvalue weighted by Crippen LogP contribution is 2.02. The first-order valence-electron chi connectivity index (χ1n) is 6.45. The molecule has 0 aliphatic carbocycles. The van der Waals surface area contributed by atoms with Gasteiger partial charge in [-0.2, -0.15) is 0 Å². The third-order valence-corrected chi connectivity index (χ3v) is 2.35. The zero-order valence-corrected chi connectivity index (χ0v) is 12.1. The van der Waals surface area contributed by atoms with Gasteiger partial charge in [0.2, 0.25) is 0 Å². The van der Waals surface area contributed by atoms with Crippen LogP contribution < -0.4 is 0 Å². The van der Waals surface area contributed by atoms with Gasteiger partial charge in [-0.15, -0.1) is 0 Å². The van der Waals surface area contributed by atoms with Gasteiger partial charge in [-0.3, -0.25) is 19.2 Å². The molecule has 0 radical (unpaired) electrons. The number of Topliss-reactive ketones (excluding diaryl/α,β-unsaturated/α-hetero) is 4. The molecule has 0 unspecified atom stereocenters. The van der Waals surface area contributed by atoms with E-state index in [1.165, 1.54) is 13.8 Å². The van der Waals surface area contributed by atoms with Crippen LogP contribution in [0.3, 0.4) is 0 Å². The summed E-state index contributed by atoms with van der Waals surface area (Å²) in [4.78, 5) is 42.4. The van der Waals surface area contributed by atoms with Crippen LogP contribution in [0.2, 0.25) is 0 Å². The van der Waals surface area contributed by atoms with Gasteiger partial charge in [0.05, 0.1) is 12.8 Å². The lowest BCUT2D eigenvalue weighted by molar-refractivity contribution is -0.125. The lowest BCUT2D eigenvalue weighted by atomic mass is 10.1. The predicted molar refractivity (Wildman–Crippen MR) is 76.7 cm³/mol. The second kappa shape index (κ2) is 9.78. The van der Waals surface area contributed by atoms with Crippen molar-refractivity contribution in [2.75, 3.05) is 0 Å². The van der Waals surface area contributed by atoms with Crippen molar-refractivity contribution in [1.82, 2.24) is 0 Å². The number of ketones is 4. The van der Waals surface area contributed by atoms with E-state index < -0.39 is 0 Å². The van der Waals surface area contributed by atoms with E-state index in [0.29, 0.717) is 12.0 Å². The minimum Gasteiger partial charge on any atom is -0.300 e. The predicted octanol–water partition coefficient (Wildman–Crippen LogP) is 2.79. The summed E-state index contributed by atoms with van der Waals surface area (Å²) in [6.07, 6.45) is 0.583. The van der Waals surface area contributed by atoms with Crippen molar-refractivity contribution in [3.63, 3.8) is 0 Å². The fourth-order valence-electron chi connectivity index (χ4n) is 1.35. The van der Waals surface area contributed by atoms with Crippen molar-refractivity contribution in [3.05, 3.63) is 35.9 Å². The van der Waals surface area contributed by atoms with Crippen molar-refractivity contribution in [2.24, 2.45) is 0 Å². The van der Waals surface area contributed by atoms with Crippen LogP contribution in [0.5, 0.6) is 0 Å². The molecule has 4 nitrogen and oxygen atoms in total. The minimum absolute atomic E-state index is 0.00398. The lowest BCUT2D eigenvalue weighted by Gasteiger charge is -1.95. The van der Waals surface area contributed by atoms with E-state index in [2.05, 4.69) is 0 Å². The van der Waals surface area contributed by atoms with Crippen LogP contribution in [-0.4, -0.2) is 23.1 Å². The highest BCUT2D eigenvalue weighted by atomic mass is 16.2. The number of hydrogen-bond acceptors (Lipinski definition) is 4. The first kappa shape index (κ1) is 17.9. The third kappa shape index (κ3) is 8.91. The van der Waals surface area contributed by atoms with E-state index >= 15 is 0 Å². The molecule has 0 saturated heterocycles. The van der Waals surface area contributed by atoms with Crippen molar-refractivity contribution < 1.29 is 19.2 Å². The number of rotatable bonds is 6. The Labute approximate surface area is 119 Å². The summed E-state index contributed by atoms with van der Waals surface area (Å²) in [5.74, 6) is -0.221. The molecule has 0 N–H and O–H groups in total. The van der Waals surface area contributed by atoms with Gasteiger partial charge in [0.15, 0.2) is 5.78 Å². The normalized spacial score (nSPS) is 9.15. The first-order chi connectivity index (χ1) is 9.36. The average molecular weight is 276 g/mol. The summed E-state index contributed by atoms with van der Waals surface area (Å²) in [5, 5.41) is 0. The molecule has 0 fully saturated rings. The first-order valence-corrected chi connectivity index (χ1v) is 6.45. The summed E-state index contributed by atoms with van der Waals surface area (Å²) in [6.45, 7) is 4.60. The fourth-order valence-corrected chi connectivity index (χ4v) is 1.35. The van der Waals surface area contributed by atoms with Gasteiger partial charge in [-0.1, -0.05) is 37.3 Å². The second-order valence-electron chi connectivity index (χ2n) is 4.44. The van der Waals surface area contributed by atoms with Crippen LogP contribution in [0.25, 0.3) is 0 Å². The van der Waals surface area contributed by atoms with E-state index in [9.17, 15) is 19.2 Å². The van der Waals surface area contributed by atoms with Crippen molar-refractivity contribution in [3.8, 4) is 0 Å². The molecule has 0 saturated carbocycles. The van der Waals surface area contributed by atoms with Crippen LogP contribution in [0, 0.1) is 0 Å². The molecule has 0 spiro atoms. The van der Waals surface area contributed by atoms with Gasteiger partial charge >= 0.3 is 0 Å². The molecule has 0 atom stereocenters. The van der Waals surface area contributed by atoms with E-state index in [0.717, 1.165) is 0 Å². The van der Waals surface area contributed by atoms with Crippen LogP contribution in [0.15, 0.2) is 30.3 Å². The summed E-state index contributed by atoms with van der Waals surface area (Å²) < 4.78 is 0. The largest absolute Gasteiger partial charge is 0.300 e. The second-order valence-corrected chi connectivity index (χ2v) is 4.44. The zero-order valence-electron chi connectivity index (χ0n) is 12.1. The van der Waals surface area contributed by atoms with Gasteiger partial charge < -0.3 is 0 Å². The molecule has 108 valence electrons. The summed E-state index contributed by atoms with van der Waals surface area (Å²) in [7, 11) is 0. The molecule has 0 aliphatic heterocycles. The van der Waals surface area contributed by atoms with Crippen LogP contribution in [0.4, 0.5) is 0 Å². The Bertz CT molecular complexity index is 475. The van der Waals surface area contributed by atoms with Crippen LogP contribution >= 0.6 is 0 Å². The molecule has 0 bridgehead atoms. The molecule has 0 aromatic heterocycles. The summed E-state index contributed by atoms with van der Waals surface area (Å²) >= 11 is 0. The van der Waals surface area contributed by atoms with Gasteiger partial charge in [-0.25, -0.2) is 0 Å². The molecule has 0 heterocycles. The molecule has 1 aromatic carbocycles. The maximum atomic E-state index is 11.2. The Balaban J connectivity index is 0.000000396. The molecule has 4 heteroatoms. The quantitative estimate of drug-likeness (QED) is 0.592. The van der Waals surface area contributed by atoms with Crippen LogP contribution in [-0.2, 0) is 14.4 Å². The maximum Gasteiger partial charge on any atom is 0.170 e.